The van der Waals surface area contributed by atoms with Crippen molar-refractivity contribution < 1.29 is 15.0 Å². The number of aliphatic hydroxyl groups is 1. The zero-order chi connectivity index (χ0) is 24.2. The van der Waals surface area contributed by atoms with Gasteiger partial charge in [0.05, 0.1) is 11.5 Å². The molecule has 0 heterocycles. The van der Waals surface area contributed by atoms with Crippen molar-refractivity contribution >= 4 is 5.97 Å². The standard InChI is InChI=1S/C30H50O3/c1-18(2)19-10-15-30(25(32)33)17-16-28(6)20(24(19)30)8-9-22-27(5)13-12-23(31)26(3,4)21(27)11-14-29(22,28)7/h18-24,31H,8-17H2,1-7H3,(H,32,33). The maximum Gasteiger partial charge on any atom is 0.309 e. The van der Waals surface area contributed by atoms with Gasteiger partial charge in [-0.15, -0.1) is 0 Å². The van der Waals surface area contributed by atoms with Gasteiger partial charge in [0.25, 0.3) is 0 Å². The number of carbonyl (C=O) groups is 1. The number of carboxylic acid groups (broad SMARTS) is 1. The third kappa shape index (κ3) is 2.81. The largest absolute Gasteiger partial charge is 0.481 e. The van der Waals surface area contributed by atoms with Gasteiger partial charge >= 0.3 is 5.97 Å². The van der Waals surface area contributed by atoms with Crippen molar-refractivity contribution in [2.45, 2.75) is 119 Å². The molecule has 0 spiro atoms. The summed E-state index contributed by atoms with van der Waals surface area (Å²) in [6.07, 6.45) is 10.8. The summed E-state index contributed by atoms with van der Waals surface area (Å²) in [5, 5.41) is 21.4. The molecule has 0 aromatic rings. The fraction of sp³-hybridized carbons (Fsp3) is 0.967. The van der Waals surface area contributed by atoms with E-state index in [-0.39, 0.29) is 27.8 Å². The van der Waals surface area contributed by atoms with E-state index in [2.05, 4.69) is 48.5 Å². The molecular weight excluding hydrogens is 408 g/mol. The Morgan fingerprint density at radius 1 is 0.788 bits per heavy atom. The molecule has 10 unspecified atom stereocenters. The van der Waals surface area contributed by atoms with Crippen molar-refractivity contribution in [2.24, 2.45) is 62.6 Å². The van der Waals surface area contributed by atoms with Crippen molar-refractivity contribution in [1.82, 2.24) is 0 Å². The van der Waals surface area contributed by atoms with E-state index in [0.29, 0.717) is 35.5 Å². The Labute approximate surface area is 202 Å². The molecular formula is C30H50O3. The molecule has 5 aliphatic carbocycles. The van der Waals surface area contributed by atoms with Crippen molar-refractivity contribution in [1.29, 1.82) is 0 Å². The number of hydrogen-bond donors (Lipinski definition) is 2. The number of aliphatic carboxylic acids is 1. The second-order valence-electron chi connectivity index (χ2n) is 15.0. The van der Waals surface area contributed by atoms with Gasteiger partial charge in [0.1, 0.15) is 0 Å². The van der Waals surface area contributed by atoms with Crippen molar-refractivity contribution in [3.8, 4) is 0 Å². The fourth-order valence-corrected chi connectivity index (χ4v) is 11.8. The van der Waals surface area contributed by atoms with Gasteiger partial charge in [0, 0.05) is 0 Å². The van der Waals surface area contributed by atoms with Crippen LogP contribution in [0.5, 0.6) is 0 Å². The lowest BCUT2D eigenvalue weighted by Crippen LogP contribution is -2.67. The zero-order valence-electron chi connectivity index (χ0n) is 22.4. The van der Waals surface area contributed by atoms with Gasteiger partial charge in [-0.25, -0.2) is 0 Å². The van der Waals surface area contributed by atoms with E-state index in [1.807, 2.05) is 0 Å². The fourth-order valence-electron chi connectivity index (χ4n) is 11.8. The van der Waals surface area contributed by atoms with E-state index in [0.717, 1.165) is 38.5 Å². The number of carboxylic acids is 1. The summed E-state index contributed by atoms with van der Waals surface area (Å²) in [6.45, 7) is 17.1. The maximum absolute atomic E-state index is 12.8. The topological polar surface area (TPSA) is 57.5 Å². The zero-order valence-corrected chi connectivity index (χ0v) is 22.4. The first-order valence-corrected chi connectivity index (χ1v) is 14.2. The SMILES string of the molecule is CC(C)C1CCC2(C(=O)O)CCC3(C)C(CCC4C5(C)CCC(O)C(C)(C)C5CCC43C)C12. The lowest BCUT2D eigenvalue weighted by Gasteiger charge is -2.72. The van der Waals surface area contributed by atoms with E-state index >= 15 is 0 Å². The summed E-state index contributed by atoms with van der Waals surface area (Å²) in [5.41, 5.74) is 0.309. The van der Waals surface area contributed by atoms with Crippen LogP contribution >= 0.6 is 0 Å². The minimum Gasteiger partial charge on any atom is -0.481 e. The van der Waals surface area contributed by atoms with Gasteiger partial charge in [0.15, 0.2) is 0 Å². The van der Waals surface area contributed by atoms with Gasteiger partial charge in [-0.05, 0) is 121 Å². The first-order valence-electron chi connectivity index (χ1n) is 14.2. The van der Waals surface area contributed by atoms with Crippen LogP contribution in [0.15, 0.2) is 0 Å². The predicted octanol–water partition coefficient (Wildman–Crippen LogP) is 7.17. The van der Waals surface area contributed by atoms with Crippen LogP contribution in [0.3, 0.4) is 0 Å². The molecule has 0 aliphatic heterocycles. The number of hydrogen-bond acceptors (Lipinski definition) is 2. The van der Waals surface area contributed by atoms with Gasteiger partial charge in [0.2, 0.25) is 0 Å². The molecule has 0 amide bonds. The highest BCUT2D eigenvalue weighted by molar-refractivity contribution is 5.76. The van der Waals surface area contributed by atoms with Gasteiger partial charge in [-0.3, -0.25) is 4.79 Å². The highest BCUT2D eigenvalue weighted by Crippen LogP contribution is 2.77. The van der Waals surface area contributed by atoms with Crippen LogP contribution in [0.4, 0.5) is 0 Å². The molecule has 3 nitrogen and oxygen atoms in total. The van der Waals surface area contributed by atoms with Crippen LogP contribution in [0, 0.1) is 62.6 Å². The Balaban J connectivity index is 1.56. The molecule has 0 saturated heterocycles. The van der Waals surface area contributed by atoms with Crippen molar-refractivity contribution in [3.05, 3.63) is 0 Å². The molecule has 0 radical (unpaired) electrons. The molecule has 3 heteroatoms. The van der Waals surface area contributed by atoms with E-state index in [1.165, 1.54) is 25.7 Å². The monoisotopic (exact) mass is 458 g/mol. The Kier molecular flexibility index (Phi) is 5.29. The quantitative estimate of drug-likeness (QED) is 0.461. The van der Waals surface area contributed by atoms with E-state index in [4.69, 9.17) is 0 Å². The average molecular weight is 459 g/mol. The van der Waals surface area contributed by atoms with Gasteiger partial charge in [-0.2, -0.15) is 0 Å². The molecule has 5 fully saturated rings. The van der Waals surface area contributed by atoms with Crippen LogP contribution in [-0.4, -0.2) is 22.3 Å². The van der Waals surface area contributed by atoms with E-state index in [1.54, 1.807) is 0 Å². The Morgan fingerprint density at radius 3 is 2.12 bits per heavy atom. The third-order valence-corrected chi connectivity index (χ3v) is 13.7. The number of fused-ring (bicyclic) bond motifs is 7. The molecule has 10 atom stereocenters. The van der Waals surface area contributed by atoms with Crippen LogP contribution in [0.2, 0.25) is 0 Å². The summed E-state index contributed by atoms with van der Waals surface area (Å²) < 4.78 is 0. The molecule has 33 heavy (non-hydrogen) atoms. The second-order valence-corrected chi connectivity index (χ2v) is 15.0. The molecule has 5 aliphatic rings. The highest BCUT2D eigenvalue weighted by atomic mass is 16.4. The average Bonchev–Trinajstić information content (AvgIpc) is 3.13. The van der Waals surface area contributed by atoms with Crippen LogP contribution in [0.1, 0.15) is 113 Å². The molecule has 0 aromatic heterocycles. The number of aliphatic hydroxyl groups excluding tert-OH is 1. The van der Waals surface area contributed by atoms with Gasteiger partial charge in [-0.1, -0.05) is 48.5 Å². The van der Waals surface area contributed by atoms with Gasteiger partial charge < -0.3 is 10.2 Å². The van der Waals surface area contributed by atoms with Crippen LogP contribution in [-0.2, 0) is 4.79 Å². The van der Waals surface area contributed by atoms with E-state index in [9.17, 15) is 15.0 Å². The molecule has 0 aromatic carbocycles. The Hall–Kier alpha value is -0.570. The minimum absolute atomic E-state index is 0.00863. The second kappa shape index (κ2) is 7.23. The number of rotatable bonds is 2. The third-order valence-electron chi connectivity index (χ3n) is 13.7. The summed E-state index contributed by atoms with van der Waals surface area (Å²) in [6, 6.07) is 0. The maximum atomic E-state index is 12.8. The minimum atomic E-state index is -0.497. The Bertz CT molecular complexity index is 817. The molecule has 5 saturated carbocycles. The first-order chi connectivity index (χ1) is 15.3. The smallest absolute Gasteiger partial charge is 0.309 e. The lowest BCUT2D eigenvalue weighted by molar-refractivity contribution is -0.249. The summed E-state index contributed by atoms with van der Waals surface area (Å²) in [7, 11) is 0. The van der Waals surface area contributed by atoms with Crippen molar-refractivity contribution in [3.63, 3.8) is 0 Å². The molecule has 2 N–H and O–H groups in total. The molecule has 188 valence electrons. The molecule has 5 rings (SSSR count). The van der Waals surface area contributed by atoms with Crippen LogP contribution in [0.25, 0.3) is 0 Å². The van der Waals surface area contributed by atoms with Crippen LogP contribution < -0.4 is 0 Å². The predicted molar refractivity (Wildman–Crippen MR) is 133 cm³/mol. The van der Waals surface area contributed by atoms with E-state index < -0.39 is 11.4 Å². The van der Waals surface area contributed by atoms with Crippen molar-refractivity contribution in [2.75, 3.05) is 0 Å². The lowest BCUT2D eigenvalue weighted by atomic mass is 9.32. The summed E-state index contributed by atoms with van der Waals surface area (Å²) in [4.78, 5) is 12.8. The highest BCUT2D eigenvalue weighted by Gasteiger charge is 2.72. The summed E-state index contributed by atoms with van der Waals surface area (Å²) >= 11 is 0. The summed E-state index contributed by atoms with van der Waals surface area (Å²) in [5.74, 6) is 2.79. The Morgan fingerprint density at radius 2 is 1.48 bits per heavy atom. The molecule has 0 bridgehead atoms. The normalized spacial score (nSPS) is 55.3. The first kappa shape index (κ1) is 24.1.